The summed E-state index contributed by atoms with van der Waals surface area (Å²) in [6, 6.07) is 22.7. The number of thiophene rings is 1. The van der Waals surface area contributed by atoms with Gasteiger partial charge < -0.3 is 14.5 Å². The highest BCUT2D eigenvalue weighted by atomic mass is 32.1. The van der Waals surface area contributed by atoms with Gasteiger partial charge in [0.05, 0.1) is 18.0 Å². The first kappa shape index (κ1) is 25.1. The van der Waals surface area contributed by atoms with E-state index >= 15 is 0 Å². The molecular weight excluding hydrogens is 456 g/mol. The molecule has 3 aliphatic heterocycles. The molecule has 184 valence electrons. The van der Waals surface area contributed by atoms with Gasteiger partial charge in [0, 0.05) is 37.9 Å². The van der Waals surface area contributed by atoms with Crippen LogP contribution >= 0.6 is 11.3 Å². The van der Waals surface area contributed by atoms with Gasteiger partial charge in [-0.1, -0.05) is 54.1 Å². The van der Waals surface area contributed by atoms with Gasteiger partial charge in [-0.2, -0.15) is 0 Å². The number of benzene rings is 2. The van der Waals surface area contributed by atoms with Gasteiger partial charge in [-0.05, 0) is 36.1 Å². The summed E-state index contributed by atoms with van der Waals surface area (Å²) in [5.41, 5.74) is 3.78. The number of ether oxygens (including phenoxy) is 1. The van der Waals surface area contributed by atoms with E-state index in [4.69, 9.17) is 4.74 Å². The number of nitrogens with one attached hydrogen (secondary N) is 1. The number of Topliss-reactive ketones (excluding diaryl/α,β-unsaturated/α-hetero) is 1. The third-order valence-electron chi connectivity index (χ3n) is 7.02. The van der Waals surface area contributed by atoms with Crippen LogP contribution in [0, 0.1) is 12.8 Å². The standard InChI is InChI=1S/C15H20NO3S.C14H15N/c1-11(17)19-14-10-16(6-4-12(14)5-7-16)9-13(18)15-3-2-8-20-15;1-12-7-9-13(10-8-12)11-15-14-5-3-2-4-6-14/h2-3,8,12,14H,4-7,9-10H2,1H3;2-10,15H,11H2,1H3/q+1;. The molecule has 3 aromatic rings. The number of esters is 1. The summed E-state index contributed by atoms with van der Waals surface area (Å²) < 4.78 is 6.26. The molecule has 5 nitrogen and oxygen atoms in total. The molecule has 0 amide bonds. The van der Waals surface area contributed by atoms with Crippen molar-refractivity contribution in [3.8, 4) is 0 Å². The molecule has 3 fully saturated rings. The Balaban J connectivity index is 0.000000172. The van der Waals surface area contributed by atoms with Crippen molar-refractivity contribution in [1.29, 1.82) is 0 Å². The molecule has 0 radical (unpaired) electrons. The Morgan fingerprint density at radius 2 is 1.71 bits per heavy atom. The number of quaternary nitrogens is 1. The number of ketones is 1. The molecule has 3 aliphatic rings. The van der Waals surface area contributed by atoms with Crippen molar-refractivity contribution in [3.05, 3.63) is 88.1 Å². The van der Waals surface area contributed by atoms with Crippen LogP contribution in [-0.2, 0) is 16.1 Å². The quantitative estimate of drug-likeness (QED) is 0.261. The number of anilines is 1. The maximum Gasteiger partial charge on any atom is 0.303 e. The Kier molecular flexibility index (Phi) is 8.37. The van der Waals surface area contributed by atoms with Crippen molar-refractivity contribution in [2.75, 3.05) is 31.5 Å². The number of carbonyl (C=O) groups is 2. The van der Waals surface area contributed by atoms with Crippen molar-refractivity contribution in [2.24, 2.45) is 5.92 Å². The number of nitrogens with zero attached hydrogens (tertiary/aromatic N) is 1. The highest BCUT2D eigenvalue weighted by Gasteiger charge is 2.48. The van der Waals surface area contributed by atoms with E-state index in [0.717, 1.165) is 54.1 Å². The van der Waals surface area contributed by atoms with Crippen molar-refractivity contribution in [2.45, 2.75) is 39.3 Å². The van der Waals surface area contributed by atoms with Crippen molar-refractivity contribution < 1.29 is 18.8 Å². The SMILES string of the molecule is CC(=O)OC1C[N+]2(CC(=O)c3cccs3)CCC1CC2.Cc1ccc(CNc2ccccc2)cc1. The Morgan fingerprint density at radius 3 is 2.34 bits per heavy atom. The third kappa shape index (κ3) is 7.03. The summed E-state index contributed by atoms with van der Waals surface area (Å²) in [7, 11) is 0. The molecule has 6 rings (SSSR count). The molecular formula is C29H35N2O3S+. The molecule has 2 bridgehead atoms. The van der Waals surface area contributed by atoms with Gasteiger partial charge in [0.2, 0.25) is 5.78 Å². The predicted octanol–water partition coefficient (Wildman–Crippen LogP) is 5.71. The molecule has 6 heteroatoms. The normalized spacial score (nSPS) is 22.6. The number of aryl methyl sites for hydroxylation is 1. The van der Waals surface area contributed by atoms with Crippen molar-refractivity contribution in [3.63, 3.8) is 0 Å². The van der Waals surface area contributed by atoms with Gasteiger partial charge >= 0.3 is 5.97 Å². The van der Waals surface area contributed by atoms with E-state index in [1.165, 1.54) is 29.4 Å². The predicted molar refractivity (Wildman–Crippen MR) is 142 cm³/mol. The summed E-state index contributed by atoms with van der Waals surface area (Å²) in [4.78, 5) is 24.4. The summed E-state index contributed by atoms with van der Waals surface area (Å²) in [6.07, 6.45) is 2.14. The molecule has 1 atom stereocenters. The average Bonchev–Trinajstić information content (AvgIpc) is 3.40. The summed E-state index contributed by atoms with van der Waals surface area (Å²) in [5, 5.41) is 5.32. The molecule has 1 unspecified atom stereocenters. The topological polar surface area (TPSA) is 55.4 Å². The maximum absolute atomic E-state index is 12.4. The van der Waals surface area contributed by atoms with E-state index in [9.17, 15) is 9.59 Å². The summed E-state index contributed by atoms with van der Waals surface area (Å²) in [6.45, 7) is 7.89. The number of fused-ring (bicyclic) bond motifs is 3. The van der Waals surface area contributed by atoms with Crippen LogP contribution in [0.15, 0.2) is 72.1 Å². The highest BCUT2D eigenvalue weighted by Crippen LogP contribution is 2.36. The summed E-state index contributed by atoms with van der Waals surface area (Å²) in [5.74, 6) is 0.518. The van der Waals surface area contributed by atoms with Crippen LogP contribution in [-0.4, -0.2) is 48.5 Å². The van der Waals surface area contributed by atoms with Crippen LogP contribution < -0.4 is 5.32 Å². The molecule has 0 aliphatic carbocycles. The Morgan fingerprint density at radius 1 is 1.00 bits per heavy atom. The molecule has 1 N–H and O–H groups in total. The molecule has 0 saturated carbocycles. The second-order valence-electron chi connectivity index (χ2n) is 9.72. The van der Waals surface area contributed by atoms with Crippen LogP contribution in [0.3, 0.4) is 0 Å². The van der Waals surface area contributed by atoms with Crippen LogP contribution in [0.5, 0.6) is 0 Å². The Hall–Kier alpha value is -2.96. The molecule has 4 heterocycles. The van der Waals surface area contributed by atoms with Gasteiger partial charge in [0.25, 0.3) is 0 Å². The molecule has 2 aromatic carbocycles. The lowest BCUT2D eigenvalue weighted by atomic mass is 9.83. The first-order valence-electron chi connectivity index (χ1n) is 12.4. The zero-order valence-corrected chi connectivity index (χ0v) is 21.4. The van der Waals surface area contributed by atoms with Crippen LogP contribution in [0.4, 0.5) is 5.69 Å². The van der Waals surface area contributed by atoms with E-state index in [1.54, 1.807) is 0 Å². The zero-order chi connectivity index (χ0) is 24.7. The highest BCUT2D eigenvalue weighted by molar-refractivity contribution is 7.12. The average molecular weight is 492 g/mol. The minimum Gasteiger partial charge on any atom is -0.456 e. The van der Waals surface area contributed by atoms with Crippen LogP contribution in [0.2, 0.25) is 0 Å². The lowest BCUT2D eigenvalue weighted by Gasteiger charge is -2.51. The van der Waals surface area contributed by atoms with Gasteiger partial charge in [0.15, 0.2) is 6.10 Å². The van der Waals surface area contributed by atoms with E-state index in [-0.39, 0.29) is 17.9 Å². The number of carbonyl (C=O) groups excluding carboxylic acids is 2. The van der Waals surface area contributed by atoms with Crippen LogP contribution in [0.1, 0.15) is 40.6 Å². The monoisotopic (exact) mass is 491 g/mol. The van der Waals surface area contributed by atoms with E-state index in [1.807, 2.05) is 35.7 Å². The number of hydrogen-bond donors (Lipinski definition) is 1. The Labute approximate surface area is 212 Å². The molecule has 3 saturated heterocycles. The minimum atomic E-state index is -0.202. The number of hydrogen-bond acceptors (Lipinski definition) is 5. The second kappa shape index (κ2) is 11.6. The number of para-hydroxylation sites is 1. The van der Waals surface area contributed by atoms with Gasteiger partial charge in [0.1, 0.15) is 13.1 Å². The van der Waals surface area contributed by atoms with Gasteiger partial charge in [-0.3, -0.25) is 9.59 Å². The maximum atomic E-state index is 12.4. The molecule has 0 spiro atoms. The van der Waals surface area contributed by atoms with E-state index < -0.39 is 0 Å². The second-order valence-corrected chi connectivity index (χ2v) is 10.7. The first-order chi connectivity index (χ1) is 16.9. The third-order valence-corrected chi connectivity index (χ3v) is 7.94. The fourth-order valence-corrected chi connectivity index (χ4v) is 5.73. The van der Waals surface area contributed by atoms with Gasteiger partial charge in [-0.25, -0.2) is 0 Å². The van der Waals surface area contributed by atoms with Gasteiger partial charge in [-0.15, -0.1) is 11.3 Å². The molecule has 35 heavy (non-hydrogen) atoms. The van der Waals surface area contributed by atoms with Crippen molar-refractivity contribution >= 4 is 28.8 Å². The lowest BCUT2D eigenvalue weighted by Crippen LogP contribution is -2.65. The summed E-state index contributed by atoms with van der Waals surface area (Å²) >= 11 is 1.51. The Bertz CT molecular complexity index is 1090. The van der Waals surface area contributed by atoms with E-state index in [0.29, 0.717) is 12.5 Å². The smallest absolute Gasteiger partial charge is 0.303 e. The minimum absolute atomic E-state index is 0.00568. The van der Waals surface area contributed by atoms with Crippen LogP contribution in [0.25, 0.3) is 0 Å². The molecule has 1 aromatic heterocycles. The lowest BCUT2D eigenvalue weighted by molar-refractivity contribution is -0.938. The van der Waals surface area contributed by atoms with E-state index in [2.05, 4.69) is 48.6 Å². The van der Waals surface area contributed by atoms with Crippen molar-refractivity contribution in [1.82, 2.24) is 0 Å². The number of piperidine rings is 3. The first-order valence-corrected chi connectivity index (χ1v) is 13.2. The fraction of sp³-hybridized carbons (Fsp3) is 0.379. The largest absolute Gasteiger partial charge is 0.456 e. The fourth-order valence-electron chi connectivity index (χ4n) is 5.08. The zero-order valence-electron chi connectivity index (χ0n) is 20.6. The number of rotatable bonds is 7.